The van der Waals surface area contributed by atoms with Crippen LogP contribution in [0, 0.1) is 0 Å². The zero-order chi connectivity index (χ0) is 13.4. The Labute approximate surface area is 118 Å². The van der Waals surface area contributed by atoms with E-state index in [0.29, 0.717) is 6.04 Å². The van der Waals surface area contributed by atoms with Gasteiger partial charge in [0.15, 0.2) is 0 Å². The Morgan fingerprint density at radius 1 is 1.32 bits per heavy atom. The van der Waals surface area contributed by atoms with Gasteiger partial charge in [0.25, 0.3) is 0 Å². The Kier molecular flexibility index (Phi) is 3.33. The Morgan fingerprint density at radius 2 is 2.11 bits per heavy atom. The second-order valence-electron chi connectivity index (χ2n) is 5.15. The lowest BCUT2D eigenvalue weighted by Crippen LogP contribution is -2.33. The summed E-state index contributed by atoms with van der Waals surface area (Å²) in [6.07, 6.45) is 0.679. The van der Waals surface area contributed by atoms with E-state index in [9.17, 15) is 5.11 Å². The molecule has 1 aromatic carbocycles. The SMILES string of the molecule is CC1c2ccsc2CCN1c1ccccc1[C@H](C)O. The molecule has 2 atom stereocenters. The molecule has 0 saturated heterocycles. The summed E-state index contributed by atoms with van der Waals surface area (Å²) in [7, 11) is 0. The zero-order valence-electron chi connectivity index (χ0n) is 11.3. The molecule has 0 saturated carbocycles. The molecule has 1 aromatic heterocycles. The number of para-hydroxylation sites is 1. The monoisotopic (exact) mass is 273 g/mol. The average molecular weight is 273 g/mol. The van der Waals surface area contributed by atoms with Crippen LogP contribution >= 0.6 is 11.3 Å². The van der Waals surface area contributed by atoms with E-state index in [2.05, 4.69) is 35.4 Å². The standard InChI is InChI=1S/C16H19NOS/c1-11-13-8-10-19-16(13)7-9-17(11)15-6-4-3-5-14(15)12(2)18/h3-6,8,10-12,18H,7,9H2,1-2H3/t11?,12-/m0/s1. The summed E-state index contributed by atoms with van der Waals surface area (Å²) >= 11 is 1.86. The fraction of sp³-hybridized carbons (Fsp3) is 0.375. The van der Waals surface area contributed by atoms with Crippen molar-refractivity contribution in [1.29, 1.82) is 0 Å². The van der Waals surface area contributed by atoms with Crippen LogP contribution in [0.4, 0.5) is 5.69 Å². The predicted octanol–water partition coefficient (Wildman–Crippen LogP) is 3.93. The topological polar surface area (TPSA) is 23.5 Å². The number of fused-ring (bicyclic) bond motifs is 1. The highest BCUT2D eigenvalue weighted by Gasteiger charge is 2.26. The number of thiophene rings is 1. The van der Waals surface area contributed by atoms with Crippen molar-refractivity contribution in [2.24, 2.45) is 0 Å². The number of aliphatic hydroxyl groups excluding tert-OH is 1. The quantitative estimate of drug-likeness (QED) is 0.896. The van der Waals surface area contributed by atoms with Gasteiger partial charge >= 0.3 is 0 Å². The fourth-order valence-corrected chi connectivity index (χ4v) is 3.90. The number of rotatable bonds is 2. The first-order chi connectivity index (χ1) is 9.18. The van der Waals surface area contributed by atoms with Gasteiger partial charge in [0, 0.05) is 22.7 Å². The van der Waals surface area contributed by atoms with Crippen molar-refractivity contribution in [3.63, 3.8) is 0 Å². The third-order valence-electron chi connectivity index (χ3n) is 3.97. The first kappa shape index (κ1) is 12.7. The van der Waals surface area contributed by atoms with Crippen LogP contribution in [0.1, 0.15) is 42.0 Å². The molecule has 0 radical (unpaired) electrons. The van der Waals surface area contributed by atoms with Crippen LogP contribution in [-0.2, 0) is 6.42 Å². The molecule has 0 aliphatic carbocycles. The van der Waals surface area contributed by atoms with Gasteiger partial charge in [-0.15, -0.1) is 11.3 Å². The van der Waals surface area contributed by atoms with E-state index in [0.717, 1.165) is 18.5 Å². The van der Waals surface area contributed by atoms with Gasteiger partial charge in [-0.1, -0.05) is 18.2 Å². The lowest BCUT2D eigenvalue weighted by Gasteiger charge is -2.37. The molecule has 2 nitrogen and oxygen atoms in total. The van der Waals surface area contributed by atoms with Crippen LogP contribution in [0.3, 0.4) is 0 Å². The van der Waals surface area contributed by atoms with Gasteiger partial charge in [-0.3, -0.25) is 0 Å². The van der Waals surface area contributed by atoms with Crippen LogP contribution in [0.15, 0.2) is 35.7 Å². The molecule has 2 heterocycles. The van der Waals surface area contributed by atoms with Crippen molar-refractivity contribution in [2.75, 3.05) is 11.4 Å². The minimum absolute atomic E-state index is 0.384. The zero-order valence-corrected chi connectivity index (χ0v) is 12.2. The summed E-state index contributed by atoms with van der Waals surface area (Å²) in [5.41, 5.74) is 3.63. The van der Waals surface area contributed by atoms with E-state index in [4.69, 9.17) is 0 Å². The summed E-state index contributed by atoms with van der Waals surface area (Å²) in [4.78, 5) is 3.93. The Balaban J connectivity index is 2.00. The first-order valence-corrected chi connectivity index (χ1v) is 7.66. The van der Waals surface area contributed by atoms with E-state index in [1.54, 1.807) is 0 Å². The molecule has 0 amide bonds. The van der Waals surface area contributed by atoms with Gasteiger partial charge in [-0.2, -0.15) is 0 Å². The van der Waals surface area contributed by atoms with Crippen molar-refractivity contribution >= 4 is 17.0 Å². The summed E-state index contributed by atoms with van der Waals surface area (Å²) in [6.45, 7) is 5.12. The van der Waals surface area contributed by atoms with E-state index in [1.807, 2.05) is 30.4 Å². The summed E-state index contributed by atoms with van der Waals surface area (Å²) in [6, 6.07) is 10.8. The van der Waals surface area contributed by atoms with E-state index in [1.165, 1.54) is 16.1 Å². The van der Waals surface area contributed by atoms with Gasteiger partial charge in [0.05, 0.1) is 12.1 Å². The largest absolute Gasteiger partial charge is 0.389 e. The van der Waals surface area contributed by atoms with Crippen LogP contribution in [0.2, 0.25) is 0 Å². The number of benzene rings is 1. The number of hydrogen-bond donors (Lipinski definition) is 1. The molecule has 1 N–H and O–H groups in total. The van der Waals surface area contributed by atoms with Crippen molar-refractivity contribution < 1.29 is 5.11 Å². The second kappa shape index (κ2) is 4.99. The summed E-state index contributed by atoms with van der Waals surface area (Å²) in [5, 5.41) is 12.1. The van der Waals surface area contributed by atoms with Crippen molar-refractivity contribution in [1.82, 2.24) is 0 Å². The van der Waals surface area contributed by atoms with Crippen LogP contribution < -0.4 is 4.90 Å². The summed E-state index contributed by atoms with van der Waals surface area (Å²) < 4.78 is 0. The smallest absolute Gasteiger partial charge is 0.0781 e. The third kappa shape index (κ3) is 2.17. The summed E-state index contributed by atoms with van der Waals surface area (Å²) in [5.74, 6) is 0. The molecule has 2 aromatic rings. The van der Waals surface area contributed by atoms with Gasteiger partial charge in [-0.25, -0.2) is 0 Å². The highest BCUT2D eigenvalue weighted by atomic mass is 32.1. The number of nitrogens with zero attached hydrogens (tertiary/aromatic N) is 1. The lowest BCUT2D eigenvalue weighted by molar-refractivity contribution is 0.199. The van der Waals surface area contributed by atoms with Gasteiger partial charge < -0.3 is 10.0 Å². The Hall–Kier alpha value is -1.32. The van der Waals surface area contributed by atoms with E-state index >= 15 is 0 Å². The molecule has 100 valence electrons. The van der Waals surface area contributed by atoms with Crippen molar-refractivity contribution in [3.8, 4) is 0 Å². The maximum absolute atomic E-state index is 9.95. The minimum atomic E-state index is -0.424. The molecular weight excluding hydrogens is 254 g/mol. The number of aliphatic hydroxyl groups is 1. The number of anilines is 1. The van der Waals surface area contributed by atoms with Crippen molar-refractivity contribution in [3.05, 3.63) is 51.7 Å². The lowest BCUT2D eigenvalue weighted by atomic mass is 9.98. The Bertz CT molecular complexity index is 576. The highest BCUT2D eigenvalue weighted by molar-refractivity contribution is 7.10. The van der Waals surface area contributed by atoms with E-state index < -0.39 is 6.10 Å². The molecule has 3 rings (SSSR count). The molecule has 19 heavy (non-hydrogen) atoms. The molecule has 1 unspecified atom stereocenters. The Morgan fingerprint density at radius 3 is 2.89 bits per heavy atom. The number of hydrogen-bond acceptors (Lipinski definition) is 3. The molecule has 1 aliphatic heterocycles. The molecule has 0 fully saturated rings. The third-order valence-corrected chi connectivity index (χ3v) is 4.97. The second-order valence-corrected chi connectivity index (χ2v) is 6.15. The van der Waals surface area contributed by atoms with Crippen LogP contribution in [-0.4, -0.2) is 11.7 Å². The molecule has 0 bridgehead atoms. The molecule has 1 aliphatic rings. The molecule has 3 heteroatoms. The normalized spacial score (nSPS) is 20.2. The van der Waals surface area contributed by atoms with Gasteiger partial charge in [0.2, 0.25) is 0 Å². The van der Waals surface area contributed by atoms with Gasteiger partial charge in [-0.05, 0) is 43.3 Å². The van der Waals surface area contributed by atoms with Crippen LogP contribution in [0.25, 0.3) is 0 Å². The highest BCUT2D eigenvalue weighted by Crippen LogP contribution is 2.38. The van der Waals surface area contributed by atoms with Crippen LogP contribution in [0.5, 0.6) is 0 Å². The maximum Gasteiger partial charge on any atom is 0.0781 e. The minimum Gasteiger partial charge on any atom is -0.389 e. The maximum atomic E-state index is 9.95. The first-order valence-electron chi connectivity index (χ1n) is 6.78. The van der Waals surface area contributed by atoms with Crippen molar-refractivity contribution in [2.45, 2.75) is 32.4 Å². The predicted molar refractivity (Wildman–Crippen MR) is 80.9 cm³/mol. The van der Waals surface area contributed by atoms with E-state index in [-0.39, 0.29) is 0 Å². The molecule has 0 spiro atoms. The average Bonchev–Trinajstić information content (AvgIpc) is 2.88. The fourth-order valence-electron chi connectivity index (χ4n) is 2.94. The van der Waals surface area contributed by atoms with Gasteiger partial charge in [0.1, 0.15) is 0 Å². The molecular formula is C16H19NOS.